The summed E-state index contributed by atoms with van der Waals surface area (Å²) in [5, 5.41) is 7.89. The highest BCUT2D eigenvalue weighted by molar-refractivity contribution is 5.84. The van der Waals surface area contributed by atoms with Gasteiger partial charge in [-0.05, 0) is 34.6 Å². The van der Waals surface area contributed by atoms with Crippen LogP contribution in [0.1, 0.15) is 34.6 Å². The summed E-state index contributed by atoms with van der Waals surface area (Å²) in [6.07, 6.45) is 0. The van der Waals surface area contributed by atoms with Crippen molar-refractivity contribution >= 4 is 12.0 Å². The molecule has 0 atom stereocenters. The van der Waals surface area contributed by atoms with Crippen molar-refractivity contribution in [1.29, 1.82) is 0 Å². The van der Waals surface area contributed by atoms with Crippen LogP contribution in [0, 0.1) is 0 Å². The highest BCUT2D eigenvalue weighted by atomic mass is 16.4. The van der Waals surface area contributed by atoms with E-state index in [9.17, 15) is 4.79 Å². The van der Waals surface area contributed by atoms with Gasteiger partial charge in [-0.15, -0.1) is 0 Å². The van der Waals surface area contributed by atoms with Gasteiger partial charge in [0.25, 0.3) is 0 Å². The maximum atomic E-state index is 9.60. The molecule has 0 heterocycles. The van der Waals surface area contributed by atoms with Crippen LogP contribution in [-0.4, -0.2) is 29.2 Å². The molecule has 0 aromatic carbocycles. The molecule has 0 radical (unpaired) electrons. The summed E-state index contributed by atoms with van der Waals surface area (Å²) in [6.45, 7) is 13.4. The number of carboxylic acid groups (broad SMARTS) is 1. The second-order valence-corrected chi connectivity index (χ2v) is 3.94. The third kappa shape index (κ3) is 19.1. The molecule has 4 heteroatoms. The van der Waals surface area contributed by atoms with E-state index in [1.54, 1.807) is 0 Å². The maximum Gasteiger partial charge on any atom is 0.330 e. The maximum absolute atomic E-state index is 9.60. The number of carbonyl (C=O) groups is 1. The largest absolute Gasteiger partial charge is 0.478 e. The van der Waals surface area contributed by atoms with Crippen molar-refractivity contribution in [3.8, 4) is 0 Å². The van der Waals surface area contributed by atoms with Gasteiger partial charge in [-0.2, -0.15) is 0 Å². The Morgan fingerprint density at radius 3 is 2.07 bits per heavy atom. The van der Waals surface area contributed by atoms with E-state index in [0.29, 0.717) is 0 Å². The molecule has 86 valence electrons. The van der Waals surface area contributed by atoms with Crippen molar-refractivity contribution in [1.82, 2.24) is 0 Å². The summed E-state index contributed by atoms with van der Waals surface area (Å²) in [4.78, 5) is 17.5. The molecule has 0 aromatic rings. The second kappa shape index (κ2) is 7.94. The summed E-state index contributed by atoms with van der Waals surface area (Å²) in [5.41, 5.74) is 0.147. The van der Waals surface area contributed by atoms with Gasteiger partial charge >= 0.3 is 5.97 Å². The number of aliphatic carboxylic acids is 1. The van der Waals surface area contributed by atoms with Crippen molar-refractivity contribution in [2.45, 2.75) is 40.2 Å². The molecule has 0 rings (SSSR count). The fourth-order valence-electron chi connectivity index (χ4n) is 0.256. The van der Waals surface area contributed by atoms with Crippen LogP contribution in [-0.2, 0) is 4.79 Å². The van der Waals surface area contributed by atoms with Crippen LogP contribution in [0.5, 0.6) is 0 Å². The minimum absolute atomic E-state index is 0.0291. The number of hydrogen-bond donors (Lipinski definition) is 1. The predicted octanol–water partition coefficient (Wildman–Crippen LogP) is 2.63. The van der Waals surface area contributed by atoms with E-state index in [4.69, 9.17) is 5.11 Å². The number of rotatable bonds is 2. The molecule has 0 bridgehead atoms. The van der Waals surface area contributed by atoms with Gasteiger partial charge in [0.05, 0.1) is 11.5 Å². The highest BCUT2D eigenvalue weighted by Gasteiger charge is 2.03. The first-order valence-corrected chi connectivity index (χ1v) is 4.73. The topological polar surface area (TPSA) is 62.0 Å². The van der Waals surface area contributed by atoms with E-state index < -0.39 is 5.97 Å². The average molecular weight is 212 g/mol. The summed E-state index contributed by atoms with van der Waals surface area (Å²) in [5.74, 6) is -0.935. The van der Waals surface area contributed by atoms with E-state index in [1.165, 1.54) is 6.92 Å². The highest BCUT2D eigenvalue weighted by Crippen LogP contribution is 2.03. The van der Waals surface area contributed by atoms with Gasteiger partial charge in [-0.3, -0.25) is 0 Å². The van der Waals surface area contributed by atoms with Crippen molar-refractivity contribution < 1.29 is 9.90 Å². The molecule has 0 amide bonds. The van der Waals surface area contributed by atoms with Crippen LogP contribution in [0.2, 0.25) is 0 Å². The predicted molar refractivity (Wildman–Crippen MR) is 62.6 cm³/mol. The Morgan fingerprint density at radius 1 is 1.47 bits per heavy atom. The Balaban J connectivity index is 0. The second-order valence-electron chi connectivity index (χ2n) is 3.94. The Morgan fingerprint density at radius 2 is 1.87 bits per heavy atom. The van der Waals surface area contributed by atoms with Gasteiger partial charge in [-0.25, -0.2) is 14.8 Å². The van der Waals surface area contributed by atoms with Crippen molar-refractivity contribution in [2.75, 3.05) is 6.54 Å². The van der Waals surface area contributed by atoms with E-state index in [0.717, 1.165) is 6.54 Å². The first-order valence-electron chi connectivity index (χ1n) is 4.73. The summed E-state index contributed by atoms with van der Waals surface area (Å²) < 4.78 is 0. The standard InChI is InChI=1S/C7H14N2.C4H6O2/c1-5-8-6-9-7(2,3)4;1-3(2)4(5)6/h5H2,1-4H3;1H2,2H3,(H,5,6). The van der Waals surface area contributed by atoms with Crippen LogP contribution in [0.25, 0.3) is 0 Å². The molecule has 1 N–H and O–H groups in total. The number of nitrogens with zero attached hydrogens (tertiary/aromatic N) is 2. The molecule has 0 fully saturated rings. The van der Waals surface area contributed by atoms with Crippen molar-refractivity contribution in [2.24, 2.45) is 9.98 Å². The lowest BCUT2D eigenvalue weighted by Crippen LogP contribution is -2.08. The van der Waals surface area contributed by atoms with Gasteiger partial charge in [0.1, 0.15) is 0 Å². The zero-order valence-electron chi connectivity index (χ0n) is 10.2. The quantitative estimate of drug-likeness (QED) is 0.565. The van der Waals surface area contributed by atoms with Gasteiger partial charge in [-0.1, -0.05) is 6.58 Å². The molecule has 4 nitrogen and oxygen atoms in total. The fraction of sp³-hybridized carbons (Fsp3) is 0.636. The summed E-state index contributed by atoms with van der Waals surface area (Å²) in [7, 11) is 0. The molecular weight excluding hydrogens is 192 g/mol. The Labute approximate surface area is 91.5 Å². The van der Waals surface area contributed by atoms with E-state index >= 15 is 0 Å². The van der Waals surface area contributed by atoms with Crippen LogP contribution in [0.15, 0.2) is 22.1 Å². The molecule has 0 aromatic heterocycles. The zero-order valence-corrected chi connectivity index (χ0v) is 10.2. The lowest BCUT2D eigenvalue weighted by molar-refractivity contribution is -0.132. The minimum atomic E-state index is -0.935. The van der Waals surface area contributed by atoms with Gasteiger partial charge < -0.3 is 5.11 Å². The van der Waals surface area contributed by atoms with Gasteiger partial charge in [0.2, 0.25) is 0 Å². The molecule has 0 spiro atoms. The average Bonchev–Trinajstić information content (AvgIpc) is 2.03. The molecule has 15 heavy (non-hydrogen) atoms. The summed E-state index contributed by atoms with van der Waals surface area (Å²) >= 11 is 0. The number of aliphatic imine (C=N–C) groups is 2. The Hall–Kier alpha value is -1.41. The number of carboxylic acids is 1. The van der Waals surface area contributed by atoms with E-state index in [1.807, 2.05) is 27.7 Å². The molecule has 0 saturated carbocycles. The first kappa shape index (κ1) is 16.0. The molecular formula is C11H20N2O2. The SMILES string of the molecule is C=C(C)C(=O)O.CCN=C=NC(C)(C)C. The Kier molecular flexibility index (Phi) is 8.49. The van der Waals surface area contributed by atoms with Crippen LogP contribution in [0.3, 0.4) is 0 Å². The molecule has 0 aliphatic rings. The first-order chi connectivity index (χ1) is 6.70. The lowest BCUT2D eigenvalue weighted by atomic mass is 10.1. The van der Waals surface area contributed by atoms with Crippen LogP contribution < -0.4 is 0 Å². The molecule has 0 aliphatic heterocycles. The molecule has 0 unspecified atom stereocenters. The van der Waals surface area contributed by atoms with E-state index in [-0.39, 0.29) is 11.1 Å². The van der Waals surface area contributed by atoms with E-state index in [2.05, 4.69) is 22.6 Å². The normalized spacial score (nSPS) is 9.13. The monoisotopic (exact) mass is 212 g/mol. The zero-order chi connectivity index (χ0) is 12.5. The lowest BCUT2D eigenvalue weighted by Gasteiger charge is -2.06. The molecule has 0 saturated heterocycles. The van der Waals surface area contributed by atoms with Crippen LogP contribution in [0.4, 0.5) is 0 Å². The van der Waals surface area contributed by atoms with Crippen molar-refractivity contribution in [3.63, 3.8) is 0 Å². The minimum Gasteiger partial charge on any atom is -0.478 e. The summed E-state index contributed by atoms with van der Waals surface area (Å²) in [6, 6.07) is 2.62. The number of hydrogen-bond acceptors (Lipinski definition) is 3. The Bertz CT molecular complexity index is 257. The van der Waals surface area contributed by atoms with Crippen LogP contribution >= 0.6 is 0 Å². The third-order valence-electron chi connectivity index (χ3n) is 0.979. The fourth-order valence-corrected chi connectivity index (χ4v) is 0.256. The molecule has 0 aliphatic carbocycles. The van der Waals surface area contributed by atoms with Gasteiger partial charge in [0.15, 0.2) is 0 Å². The smallest absolute Gasteiger partial charge is 0.330 e. The van der Waals surface area contributed by atoms with Gasteiger partial charge in [0, 0.05) is 12.1 Å². The third-order valence-corrected chi connectivity index (χ3v) is 0.979. The van der Waals surface area contributed by atoms with Crippen molar-refractivity contribution in [3.05, 3.63) is 12.2 Å².